The molecule has 0 aliphatic rings. The first-order valence-electron chi connectivity index (χ1n) is 9.85. The third-order valence-corrected chi connectivity index (χ3v) is 6.14. The van der Waals surface area contributed by atoms with Crippen molar-refractivity contribution in [2.75, 3.05) is 11.1 Å². The van der Waals surface area contributed by atoms with Gasteiger partial charge in [0.25, 0.3) is 0 Å². The highest BCUT2D eigenvalue weighted by atomic mass is 32.2. The second-order valence-corrected chi connectivity index (χ2v) is 8.26. The summed E-state index contributed by atoms with van der Waals surface area (Å²) in [7, 11) is 0. The minimum absolute atomic E-state index is 0.0614. The zero-order valence-electron chi connectivity index (χ0n) is 17.2. The summed E-state index contributed by atoms with van der Waals surface area (Å²) in [6.07, 6.45) is 0.727. The van der Waals surface area contributed by atoms with Crippen molar-refractivity contribution in [1.82, 2.24) is 9.38 Å². The van der Waals surface area contributed by atoms with Crippen molar-refractivity contribution >= 4 is 40.0 Å². The van der Waals surface area contributed by atoms with Crippen molar-refractivity contribution in [2.45, 2.75) is 32.2 Å². The molecular formula is C24H22N4OS. The number of nitriles is 1. The van der Waals surface area contributed by atoms with E-state index in [-0.39, 0.29) is 11.7 Å². The van der Waals surface area contributed by atoms with Crippen molar-refractivity contribution < 1.29 is 4.79 Å². The molecule has 0 radical (unpaired) electrons. The molecule has 0 fully saturated rings. The zero-order chi connectivity index (χ0) is 21.3. The molecule has 0 aliphatic heterocycles. The minimum Gasteiger partial charge on any atom is -0.325 e. The maximum Gasteiger partial charge on any atom is 0.234 e. The molecule has 0 spiro atoms. The average molecular weight is 415 g/mol. The predicted molar refractivity (Wildman–Crippen MR) is 122 cm³/mol. The van der Waals surface area contributed by atoms with E-state index >= 15 is 0 Å². The number of pyridine rings is 1. The second-order valence-electron chi connectivity index (χ2n) is 7.26. The zero-order valence-corrected chi connectivity index (χ0v) is 18.0. The van der Waals surface area contributed by atoms with Crippen LogP contribution in [0.4, 0.5) is 5.69 Å². The number of anilines is 1. The lowest BCUT2D eigenvalue weighted by molar-refractivity contribution is -0.113. The van der Waals surface area contributed by atoms with Gasteiger partial charge in [0.2, 0.25) is 5.91 Å². The van der Waals surface area contributed by atoms with Gasteiger partial charge in [0.1, 0.15) is 6.07 Å². The molecule has 1 amide bonds. The standard InChI is InChI=1S/C24H22N4OS/c1-4-17-12-23(30-14-22(29)26-20-11-15(2)9-10-16(20)3)28-21-8-6-5-7-19(21)27-24(28)18(17)13-25/h5-12H,4,14H2,1-3H3,(H,26,29). The number of aromatic nitrogens is 2. The molecule has 0 bridgehead atoms. The Hall–Kier alpha value is -3.30. The van der Waals surface area contributed by atoms with Gasteiger partial charge in [-0.25, -0.2) is 4.98 Å². The number of thioether (sulfide) groups is 1. The van der Waals surface area contributed by atoms with Gasteiger partial charge in [0.05, 0.1) is 27.4 Å². The van der Waals surface area contributed by atoms with E-state index in [1.54, 1.807) is 0 Å². The SMILES string of the molecule is CCc1cc(SCC(=O)Nc2cc(C)ccc2C)n2c(nc3ccccc32)c1C#N. The Labute approximate surface area is 179 Å². The Morgan fingerprint density at radius 3 is 2.77 bits per heavy atom. The van der Waals surface area contributed by atoms with Crippen molar-refractivity contribution in [3.05, 3.63) is 70.8 Å². The lowest BCUT2D eigenvalue weighted by Gasteiger charge is -2.12. The van der Waals surface area contributed by atoms with E-state index in [4.69, 9.17) is 4.98 Å². The monoisotopic (exact) mass is 414 g/mol. The van der Waals surface area contributed by atoms with E-state index in [0.29, 0.717) is 11.2 Å². The molecule has 30 heavy (non-hydrogen) atoms. The number of carbonyl (C=O) groups excluding carboxylic acids is 1. The lowest BCUT2D eigenvalue weighted by atomic mass is 10.1. The Bertz CT molecular complexity index is 1320. The van der Waals surface area contributed by atoms with Crippen LogP contribution in [0.1, 0.15) is 29.2 Å². The number of rotatable bonds is 5. The number of amides is 1. The normalized spacial score (nSPS) is 11.0. The summed E-state index contributed by atoms with van der Waals surface area (Å²) < 4.78 is 1.99. The first-order chi connectivity index (χ1) is 14.5. The van der Waals surface area contributed by atoms with Crippen LogP contribution in [0.2, 0.25) is 0 Å². The van der Waals surface area contributed by atoms with E-state index in [2.05, 4.69) is 11.4 Å². The van der Waals surface area contributed by atoms with Gasteiger partial charge in [-0.05, 0) is 61.2 Å². The largest absolute Gasteiger partial charge is 0.325 e. The number of aryl methyl sites for hydroxylation is 3. The van der Waals surface area contributed by atoms with Crippen molar-refractivity contribution in [1.29, 1.82) is 5.26 Å². The van der Waals surface area contributed by atoms with Gasteiger partial charge in [-0.15, -0.1) is 0 Å². The molecule has 2 heterocycles. The van der Waals surface area contributed by atoms with Gasteiger partial charge in [0, 0.05) is 5.69 Å². The number of fused-ring (bicyclic) bond motifs is 3. The summed E-state index contributed by atoms with van der Waals surface area (Å²) in [5.74, 6) is 0.206. The van der Waals surface area contributed by atoms with E-state index in [0.717, 1.165) is 44.9 Å². The van der Waals surface area contributed by atoms with Crippen LogP contribution in [-0.2, 0) is 11.2 Å². The molecule has 4 rings (SSSR count). The molecule has 150 valence electrons. The molecule has 4 aromatic rings. The maximum absolute atomic E-state index is 12.7. The first kappa shape index (κ1) is 20.0. The van der Waals surface area contributed by atoms with Crippen molar-refractivity contribution in [3.63, 3.8) is 0 Å². The molecule has 0 saturated carbocycles. The minimum atomic E-state index is -0.0614. The van der Waals surface area contributed by atoms with E-state index in [1.807, 2.05) is 73.7 Å². The molecule has 2 aromatic heterocycles. The number of benzene rings is 2. The fraction of sp³-hybridized carbons (Fsp3) is 0.208. The Balaban J connectivity index is 1.69. The topological polar surface area (TPSA) is 70.2 Å². The number of nitrogens with zero attached hydrogens (tertiary/aromatic N) is 3. The van der Waals surface area contributed by atoms with Gasteiger partial charge in [-0.2, -0.15) is 5.26 Å². The van der Waals surface area contributed by atoms with Crippen LogP contribution in [0, 0.1) is 25.2 Å². The summed E-state index contributed by atoms with van der Waals surface area (Å²) in [6, 6.07) is 18.2. The Morgan fingerprint density at radius 1 is 1.20 bits per heavy atom. The molecule has 1 N–H and O–H groups in total. The third-order valence-electron chi connectivity index (χ3n) is 5.13. The second kappa shape index (κ2) is 8.21. The molecule has 0 unspecified atom stereocenters. The smallest absolute Gasteiger partial charge is 0.234 e. The quantitative estimate of drug-likeness (QED) is 0.452. The highest BCUT2D eigenvalue weighted by Crippen LogP contribution is 2.30. The lowest BCUT2D eigenvalue weighted by Crippen LogP contribution is -2.15. The van der Waals surface area contributed by atoms with E-state index in [9.17, 15) is 10.1 Å². The number of imidazole rings is 1. The number of para-hydroxylation sites is 2. The molecular weight excluding hydrogens is 392 g/mol. The third kappa shape index (κ3) is 3.64. The number of hydrogen-bond acceptors (Lipinski definition) is 4. The predicted octanol–water partition coefficient (Wildman–Crippen LogP) is 5.27. The van der Waals surface area contributed by atoms with Gasteiger partial charge >= 0.3 is 0 Å². The molecule has 5 nitrogen and oxygen atoms in total. The number of nitrogens with one attached hydrogen (secondary N) is 1. The van der Waals surface area contributed by atoms with Crippen molar-refractivity contribution in [2.24, 2.45) is 0 Å². The van der Waals surface area contributed by atoms with E-state index in [1.165, 1.54) is 11.8 Å². The molecule has 0 aliphatic carbocycles. The Kier molecular flexibility index (Phi) is 5.47. The fourth-order valence-corrected chi connectivity index (χ4v) is 4.44. The van der Waals surface area contributed by atoms with Gasteiger partial charge < -0.3 is 5.32 Å². The summed E-state index contributed by atoms with van der Waals surface area (Å²) in [4.78, 5) is 17.4. The van der Waals surface area contributed by atoms with Crippen LogP contribution in [0.5, 0.6) is 0 Å². The maximum atomic E-state index is 12.7. The summed E-state index contributed by atoms with van der Waals surface area (Å²) in [5.41, 5.74) is 6.94. The summed E-state index contributed by atoms with van der Waals surface area (Å²) >= 11 is 1.46. The average Bonchev–Trinajstić information content (AvgIpc) is 3.13. The Morgan fingerprint density at radius 2 is 2.00 bits per heavy atom. The van der Waals surface area contributed by atoms with Crippen LogP contribution in [0.3, 0.4) is 0 Å². The molecule has 0 saturated heterocycles. The van der Waals surface area contributed by atoms with Crippen LogP contribution < -0.4 is 5.32 Å². The highest BCUT2D eigenvalue weighted by molar-refractivity contribution is 7.99. The summed E-state index contributed by atoms with van der Waals surface area (Å²) in [5, 5.41) is 13.6. The highest BCUT2D eigenvalue weighted by Gasteiger charge is 2.17. The first-order valence-corrected chi connectivity index (χ1v) is 10.8. The van der Waals surface area contributed by atoms with Crippen LogP contribution in [-0.4, -0.2) is 21.0 Å². The molecule has 0 atom stereocenters. The van der Waals surface area contributed by atoms with Gasteiger partial charge in [0.15, 0.2) is 5.65 Å². The van der Waals surface area contributed by atoms with Crippen LogP contribution in [0.25, 0.3) is 16.7 Å². The van der Waals surface area contributed by atoms with Crippen LogP contribution in [0.15, 0.2) is 53.6 Å². The number of hydrogen-bond donors (Lipinski definition) is 1. The van der Waals surface area contributed by atoms with Crippen LogP contribution >= 0.6 is 11.8 Å². The molecule has 6 heteroatoms. The van der Waals surface area contributed by atoms with Gasteiger partial charge in [-0.1, -0.05) is 43.0 Å². The molecule has 2 aromatic carbocycles. The number of carbonyl (C=O) groups is 1. The fourth-order valence-electron chi connectivity index (χ4n) is 3.55. The summed E-state index contributed by atoms with van der Waals surface area (Å²) in [6.45, 7) is 6.02. The van der Waals surface area contributed by atoms with E-state index < -0.39 is 0 Å². The van der Waals surface area contributed by atoms with Crippen molar-refractivity contribution in [3.8, 4) is 6.07 Å². The van der Waals surface area contributed by atoms with Gasteiger partial charge in [-0.3, -0.25) is 9.20 Å².